The van der Waals surface area contributed by atoms with Crippen molar-refractivity contribution in [2.45, 2.75) is 37.3 Å². The largest absolute Gasteiger partial charge is 0.416 e. The maximum atomic E-state index is 14.0. The molecule has 3 amide bonds. The number of hydrogen-bond acceptors (Lipinski definition) is 4. The molecular weight excluding hydrogens is 604 g/mol. The van der Waals surface area contributed by atoms with Gasteiger partial charge in [0.25, 0.3) is 5.91 Å². The van der Waals surface area contributed by atoms with Crippen LogP contribution in [0.1, 0.15) is 56.6 Å². The number of benzene rings is 3. The second kappa shape index (κ2) is 12.9. The molecule has 2 heterocycles. The number of carbonyl (C=O) groups excluding carboxylic acids is 3. The number of rotatable bonds is 7. The molecule has 1 N–H and O–H groups in total. The van der Waals surface area contributed by atoms with Crippen LogP contribution in [-0.4, -0.2) is 60.4 Å². The molecular formula is C32H29F6N3O4. The van der Waals surface area contributed by atoms with Gasteiger partial charge in [-0.15, -0.1) is 0 Å². The lowest BCUT2D eigenvalue weighted by Gasteiger charge is -2.42. The second-order valence-electron chi connectivity index (χ2n) is 10.8. The lowest BCUT2D eigenvalue weighted by Crippen LogP contribution is -2.49. The Labute approximate surface area is 254 Å². The SMILES string of the molecule is O=C(NCc1ccccc1)C1c2ccccc2C(=O)N(CCC(=O)N2CCOCC2)C1c1cc(C(F)(F)F)cc(C(F)(F)F)c1. The van der Waals surface area contributed by atoms with E-state index >= 15 is 0 Å². The van der Waals surface area contributed by atoms with E-state index in [1.54, 1.807) is 36.4 Å². The van der Waals surface area contributed by atoms with E-state index in [4.69, 9.17) is 4.74 Å². The van der Waals surface area contributed by atoms with Crippen LogP contribution in [0.15, 0.2) is 72.8 Å². The predicted octanol–water partition coefficient (Wildman–Crippen LogP) is 5.57. The molecule has 0 radical (unpaired) electrons. The first-order valence-corrected chi connectivity index (χ1v) is 14.2. The molecule has 2 atom stereocenters. The van der Waals surface area contributed by atoms with Gasteiger partial charge in [-0.05, 0) is 41.0 Å². The lowest BCUT2D eigenvalue weighted by atomic mass is 9.78. The van der Waals surface area contributed by atoms with Gasteiger partial charge in [0.1, 0.15) is 0 Å². The van der Waals surface area contributed by atoms with E-state index in [9.17, 15) is 40.7 Å². The van der Waals surface area contributed by atoms with Crippen molar-refractivity contribution in [2.24, 2.45) is 0 Å². The molecule has 7 nitrogen and oxygen atoms in total. The number of nitrogens with one attached hydrogen (secondary N) is 1. The van der Waals surface area contributed by atoms with Crippen LogP contribution in [0.5, 0.6) is 0 Å². The third-order valence-electron chi connectivity index (χ3n) is 7.91. The van der Waals surface area contributed by atoms with Crippen LogP contribution < -0.4 is 5.32 Å². The summed E-state index contributed by atoms with van der Waals surface area (Å²) in [5.41, 5.74) is -2.76. The van der Waals surface area contributed by atoms with Gasteiger partial charge in [0.05, 0.1) is 36.3 Å². The first kappa shape index (κ1) is 32.0. The topological polar surface area (TPSA) is 79.0 Å². The number of hydrogen-bond donors (Lipinski definition) is 1. The van der Waals surface area contributed by atoms with Gasteiger partial charge in [-0.25, -0.2) is 0 Å². The highest BCUT2D eigenvalue weighted by Gasteiger charge is 2.46. The quantitative estimate of drug-likeness (QED) is 0.346. The van der Waals surface area contributed by atoms with Crippen molar-refractivity contribution in [2.75, 3.05) is 32.8 Å². The molecule has 5 rings (SSSR count). The van der Waals surface area contributed by atoms with Crippen molar-refractivity contribution in [1.29, 1.82) is 0 Å². The van der Waals surface area contributed by atoms with Crippen LogP contribution in [0.25, 0.3) is 0 Å². The van der Waals surface area contributed by atoms with E-state index in [-0.39, 0.29) is 42.6 Å². The summed E-state index contributed by atoms with van der Waals surface area (Å²) in [6.45, 7) is 0.869. The van der Waals surface area contributed by atoms with Crippen LogP contribution in [0.4, 0.5) is 26.3 Å². The average molecular weight is 634 g/mol. The Bertz CT molecular complexity index is 1520. The van der Waals surface area contributed by atoms with Crippen molar-refractivity contribution >= 4 is 17.7 Å². The first-order valence-electron chi connectivity index (χ1n) is 14.2. The molecule has 0 bridgehead atoms. The Kier molecular flexibility index (Phi) is 9.19. The van der Waals surface area contributed by atoms with Gasteiger partial charge >= 0.3 is 12.4 Å². The predicted molar refractivity (Wildman–Crippen MR) is 150 cm³/mol. The maximum Gasteiger partial charge on any atom is 0.416 e. The number of alkyl halides is 6. The fourth-order valence-corrected chi connectivity index (χ4v) is 5.72. The number of halogens is 6. The molecule has 238 valence electrons. The fraction of sp³-hybridized carbons (Fsp3) is 0.344. The normalized spacial score (nSPS) is 18.8. The van der Waals surface area contributed by atoms with Crippen molar-refractivity contribution in [3.8, 4) is 0 Å². The zero-order valence-corrected chi connectivity index (χ0v) is 23.8. The monoisotopic (exact) mass is 633 g/mol. The number of ether oxygens (including phenoxy) is 1. The maximum absolute atomic E-state index is 14.0. The van der Waals surface area contributed by atoms with Gasteiger partial charge in [-0.3, -0.25) is 14.4 Å². The van der Waals surface area contributed by atoms with E-state index in [0.29, 0.717) is 44.0 Å². The van der Waals surface area contributed by atoms with Crippen molar-refractivity contribution in [3.63, 3.8) is 0 Å². The van der Waals surface area contributed by atoms with E-state index in [1.807, 2.05) is 0 Å². The minimum absolute atomic E-state index is 0.00112. The molecule has 0 saturated carbocycles. The molecule has 0 aromatic heterocycles. The summed E-state index contributed by atoms with van der Waals surface area (Å²) in [6, 6.07) is 14.2. The summed E-state index contributed by atoms with van der Waals surface area (Å²) in [5, 5.41) is 2.74. The Morgan fingerprint density at radius 3 is 2.07 bits per heavy atom. The Hall–Kier alpha value is -4.39. The van der Waals surface area contributed by atoms with Gasteiger partial charge in [-0.2, -0.15) is 26.3 Å². The zero-order valence-electron chi connectivity index (χ0n) is 23.8. The molecule has 0 spiro atoms. The minimum atomic E-state index is -5.16. The number of fused-ring (bicyclic) bond motifs is 1. The minimum Gasteiger partial charge on any atom is -0.378 e. The third-order valence-corrected chi connectivity index (χ3v) is 7.91. The molecule has 3 aromatic carbocycles. The summed E-state index contributed by atoms with van der Waals surface area (Å²) in [4.78, 5) is 43.4. The van der Waals surface area contributed by atoms with Gasteiger partial charge < -0.3 is 19.9 Å². The number of nitrogens with zero attached hydrogens (tertiary/aromatic N) is 2. The van der Waals surface area contributed by atoms with Gasteiger partial charge in [0, 0.05) is 38.2 Å². The van der Waals surface area contributed by atoms with E-state index in [1.165, 1.54) is 23.1 Å². The highest BCUT2D eigenvalue weighted by atomic mass is 19.4. The van der Waals surface area contributed by atoms with Crippen LogP contribution in [0, 0.1) is 0 Å². The van der Waals surface area contributed by atoms with E-state index in [0.717, 1.165) is 4.90 Å². The molecule has 2 unspecified atom stereocenters. The average Bonchev–Trinajstić information content (AvgIpc) is 3.02. The van der Waals surface area contributed by atoms with Crippen molar-refractivity contribution in [3.05, 3.63) is 106 Å². The molecule has 1 saturated heterocycles. The van der Waals surface area contributed by atoms with Crippen LogP contribution >= 0.6 is 0 Å². The standard InChI is InChI=1S/C32H29F6N3O4/c33-31(34,35)22-16-21(17-23(18-22)32(36,37)38)28-27(29(43)39-19-20-6-2-1-3-7-20)24-8-4-5-9-25(24)30(44)41(28)11-10-26(42)40-12-14-45-15-13-40/h1-9,16-18,27-28H,10-15,19H2,(H,39,43). The summed E-state index contributed by atoms with van der Waals surface area (Å²) in [6.07, 6.45) is -10.6. The smallest absolute Gasteiger partial charge is 0.378 e. The Balaban J connectivity index is 1.62. The van der Waals surface area contributed by atoms with Gasteiger partial charge in [0.15, 0.2) is 0 Å². The summed E-state index contributed by atoms with van der Waals surface area (Å²) >= 11 is 0. The number of carbonyl (C=O) groups is 3. The van der Waals surface area contributed by atoms with Crippen molar-refractivity contribution < 1.29 is 45.5 Å². The highest BCUT2D eigenvalue weighted by Crippen LogP contribution is 2.46. The summed E-state index contributed by atoms with van der Waals surface area (Å²) < 4.78 is 89.0. The summed E-state index contributed by atoms with van der Waals surface area (Å²) in [5.74, 6) is -3.19. The fourth-order valence-electron chi connectivity index (χ4n) is 5.72. The first-order chi connectivity index (χ1) is 21.3. The van der Waals surface area contributed by atoms with E-state index < -0.39 is 52.8 Å². The van der Waals surface area contributed by atoms with E-state index in [2.05, 4.69) is 5.32 Å². The van der Waals surface area contributed by atoms with Crippen molar-refractivity contribution in [1.82, 2.24) is 15.1 Å². The number of morpholine rings is 1. The second-order valence-corrected chi connectivity index (χ2v) is 10.8. The molecule has 13 heteroatoms. The lowest BCUT2D eigenvalue weighted by molar-refractivity contribution is -0.143. The zero-order chi connectivity index (χ0) is 32.4. The highest BCUT2D eigenvalue weighted by molar-refractivity contribution is 6.01. The molecule has 45 heavy (non-hydrogen) atoms. The number of amides is 3. The molecule has 0 aliphatic carbocycles. The Morgan fingerprint density at radius 2 is 1.44 bits per heavy atom. The van der Waals surface area contributed by atoms with Crippen LogP contribution in [-0.2, 0) is 33.2 Å². The molecule has 1 fully saturated rings. The van der Waals surface area contributed by atoms with Gasteiger partial charge in [0.2, 0.25) is 11.8 Å². The Morgan fingerprint density at radius 1 is 0.844 bits per heavy atom. The van der Waals surface area contributed by atoms with Crippen LogP contribution in [0.3, 0.4) is 0 Å². The van der Waals surface area contributed by atoms with Crippen LogP contribution in [0.2, 0.25) is 0 Å². The molecule has 3 aromatic rings. The molecule has 2 aliphatic heterocycles. The summed E-state index contributed by atoms with van der Waals surface area (Å²) in [7, 11) is 0. The molecule has 2 aliphatic rings. The van der Waals surface area contributed by atoms with Gasteiger partial charge in [-0.1, -0.05) is 48.5 Å². The third kappa shape index (κ3) is 7.14.